The summed E-state index contributed by atoms with van der Waals surface area (Å²) in [7, 11) is 0. The van der Waals surface area contributed by atoms with Crippen molar-refractivity contribution in [2.75, 3.05) is 0 Å². The van der Waals surface area contributed by atoms with Gasteiger partial charge in [-0.3, -0.25) is 0 Å². The average Bonchev–Trinajstić information content (AvgIpc) is 3.34. The molecule has 0 aliphatic carbocycles. The van der Waals surface area contributed by atoms with Gasteiger partial charge in [0.15, 0.2) is 0 Å². The lowest BCUT2D eigenvalue weighted by Crippen LogP contribution is -1.95. The number of furan rings is 1. The summed E-state index contributed by atoms with van der Waals surface area (Å²) in [5, 5.41) is 8.72. The third-order valence-electron chi connectivity index (χ3n) is 4.00. The molecule has 2 heterocycles. The molecular formula is C21H18N2O3S. The average molecular weight is 378 g/mol. The van der Waals surface area contributed by atoms with Crippen molar-refractivity contribution in [3.8, 4) is 17.2 Å². The Kier molecular flexibility index (Phi) is 5.25. The maximum Gasteiger partial charge on any atom is 0.277 e. The summed E-state index contributed by atoms with van der Waals surface area (Å²) < 4.78 is 16.9. The van der Waals surface area contributed by atoms with Crippen LogP contribution in [-0.2, 0) is 12.4 Å². The second-order valence-electron chi connectivity index (χ2n) is 5.97. The van der Waals surface area contributed by atoms with E-state index in [9.17, 15) is 0 Å². The highest BCUT2D eigenvalue weighted by molar-refractivity contribution is 7.98. The number of hydrogen-bond acceptors (Lipinski definition) is 6. The fourth-order valence-corrected chi connectivity index (χ4v) is 3.30. The SMILES string of the molecule is Cc1occc1-c1nnc(SCc2cccc(OCc3ccccc3)c2)o1. The van der Waals surface area contributed by atoms with Gasteiger partial charge >= 0.3 is 0 Å². The van der Waals surface area contributed by atoms with Crippen molar-refractivity contribution >= 4 is 11.8 Å². The number of benzene rings is 2. The lowest BCUT2D eigenvalue weighted by atomic mass is 10.2. The minimum absolute atomic E-state index is 0.476. The van der Waals surface area contributed by atoms with Gasteiger partial charge in [0.2, 0.25) is 0 Å². The summed E-state index contributed by atoms with van der Waals surface area (Å²) in [5.41, 5.74) is 3.10. The van der Waals surface area contributed by atoms with E-state index in [1.807, 2.05) is 49.4 Å². The summed E-state index contributed by atoms with van der Waals surface area (Å²) >= 11 is 1.49. The molecule has 0 unspecified atom stereocenters. The van der Waals surface area contributed by atoms with Gasteiger partial charge in [-0.15, -0.1) is 10.2 Å². The normalized spacial score (nSPS) is 10.9. The van der Waals surface area contributed by atoms with Crippen LogP contribution in [0.3, 0.4) is 0 Å². The summed E-state index contributed by atoms with van der Waals surface area (Å²) in [6, 6.07) is 20.0. The van der Waals surface area contributed by atoms with Gasteiger partial charge < -0.3 is 13.6 Å². The van der Waals surface area contributed by atoms with Crippen molar-refractivity contribution in [1.29, 1.82) is 0 Å². The molecule has 0 spiro atoms. The molecule has 0 aliphatic heterocycles. The van der Waals surface area contributed by atoms with Crippen LogP contribution in [0, 0.1) is 6.92 Å². The Morgan fingerprint density at radius 3 is 2.63 bits per heavy atom. The van der Waals surface area contributed by atoms with E-state index in [0.29, 0.717) is 23.5 Å². The van der Waals surface area contributed by atoms with Crippen LogP contribution in [0.2, 0.25) is 0 Å². The summed E-state index contributed by atoms with van der Waals surface area (Å²) in [6.07, 6.45) is 1.61. The Balaban J connectivity index is 1.36. The minimum Gasteiger partial charge on any atom is -0.489 e. The van der Waals surface area contributed by atoms with Crippen LogP contribution in [0.25, 0.3) is 11.5 Å². The zero-order valence-electron chi connectivity index (χ0n) is 14.8. The van der Waals surface area contributed by atoms with E-state index >= 15 is 0 Å². The van der Waals surface area contributed by atoms with Crippen molar-refractivity contribution < 1.29 is 13.6 Å². The molecule has 0 N–H and O–H groups in total. The zero-order valence-corrected chi connectivity index (χ0v) is 15.6. The largest absolute Gasteiger partial charge is 0.489 e. The van der Waals surface area contributed by atoms with Crippen LogP contribution < -0.4 is 4.74 Å². The van der Waals surface area contributed by atoms with Crippen LogP contribution in [0.5, 0.6) is 5.75 Å². The fourth-order valence-electron chi connectivity index (χ4n) is 2.59. The van der Waals surface area contributed by atoms with Crippen molar-refractivity contribution in [1.82, 2.24) is 10.2 Å². The predicted molar refractivity (Wildman–Crippen MR) is 104 cm³/mol. The molecular weight excluding hydrogens is 360 g/mol. The lowest BCUT2D eigenvalue weighted by Gasteiger charge is -2.07. The van der Waals surface area contributed by atoms with Crippen molar-refractivity contribution in [2.24, 2.45) is 0 Å². The number of thioether (sulfide) groups is 1. The number of ether oxygens (including phenoxy) is 1. The van der Waals surface area contributed by atoms with E-state index in [1.54, 1.807) is 6.26 Å². The third kappa shape index (κ3) is 4.41. The molecule has 0 fully saturated rings. The monoisotopic (exact) mass is 378 g/mol. The molecule has 0 amide bonds. The number of rotatable bonds is 7. The van der Waals surface area contributed by atoms with E-state index in [0.717, 1.165) is 28.2 Å². The number of nitrogens with zero attached hydrogens (tertiary/aromatic N) is 2. The first-order valence-electron chi connectivity index (χ1n) is 8.54. The molecule has 4 aromatic rings. The Morgan fingerprint density at radius 1 is 0.963 bits per heavy atom. The Bertz CT molecular complexity index is 1010. The molecule has 0 atom stereocenters. The van der Waals surface area contributed by atoms with Crippen LogP contribution in [0.15, 0.2) is 81.0 Å². The summed E-state index contributed by atoms with van der Waals surface area (Å²) in [6.45, 7) is 2.42. The molecule has 0 bridgehead atoms. The van der Waals surface area contributed by atoms with Gasteiger partial charge in [0.25, 0.3) is 11.1 Å². The van der Waals surface area contributed by atoms with Gasteiger partial charge in [0.05, 0.1) is 11.8 Å². The zero-order chi connectivity index (χ0) is 18.5. The quantitative estimate of drug-likeness (QED) is 0.395. The summed E-state index contributed by atoms with van der Waals surface area (Å²) in [4.78, 5) is 0. The molecule has 2 aromatic heterocycles. The first kappa shape index (κ1) is 17.4. The topological polar surface area (TPSA) is 61.3 Å². The van der Waals surface area contributed by atoms with Gasteiger partial charge in [-0.1, -0.05) is 54.2 Å². The van der Waals surface area contributed by atoms with Gasteiger partial charge in [-0.05, 0) is 36.2 Å². The first-order chi connectivity index (χ1) is 13.3. The van der Waals surface area contributed by atoms with Crippen molar-refractivity contribution in [3.63, 3.8) is 0 Å². The Hall–Kier alpha value is -2.99. The second-order valence-corrected chi connectivity index (χ2v) is 6.90. The van der Waals surface area contributed by atoms with E-state index in [-0.39, 0.29) is 0 Å². The second kappa shape index (κ2) is 8.14. The lowest BCUT2D eigenvalue weighted by molar-refractivity contribution is 0.306. The van der Waals surface area contributed by atoms with Gasteiger partial charge in [0.1, 0.15) is 18.1 Å². The molecule has 2 aromatic carbocycles. The Labute approximate surface area is 161 Å². The maximum atomic E-state index is 5.88. The smallest absolute Gasteiger partial charge is 0.277 e. The number of hydrogen-bond donors (Lipinski definition) is 0. The van der Waals surface area contributed by atoms with Crippen LogP contribution in [0.1, 0.15) is 16.9 Å². The highest BCUT2D eigenvalue weighted by Crippen LogP contribution is 2.28. The molecule has 0 radical (unpaired) electrons. The van der Waals surface area contributed by atoms with E-state index in [4.69, 9.17) is 13.6 Å². The maximum absolute atomic E-state index is 5.88. The van der Waals surface area contributed by atoms with Crippen molar-refractivity contribution in [3.05, 3.63) is 83.8 Å². The van der Waals surface area contributed by atoms with Crippen LogP contribution >= 0.6 is 11.8 Å². The van der Waals surface area contributed by atoms with Crippen LogP contribution in [-0.4, -0.2) is 10.2 Å². The molecule has 27 heavy (non-hydrogen) atoms. The third-order valence-corrected chi connectivity index (χ3v) is 4.89. The molecule has 4 rings (SSSR count). The van der Waals surface area contributed by atoms with Gasteiger partial charge in [-0.2, -0.15) is 0 Å². The highest BCUT2D eigenvalue weighted by atomic mass is 32.2. The minimum atomic E-state index is 0.476. The number of aromatic nitrogens is 2. The standard InChI is InChI=1S/C21H18N2O3S/c1-15-19(10-11-24-15)20-22-23-21(26-20)27-14-17-8-5-9-18(12-17)25-13-16-6-3-2-4-7-16/h2-12H,13-14H2,1H3. The molecule has 0 aliphatic rings. The Morgan fingerprint density at radius 2 is 1.81 bits per heavy atom. The summed E-state index contributed by atoms with van der Waals surface area (Å²) in [5.74, 6) is 2.80. The number of aryl methyl sites for hydroxylation is 1. The van der Waals surface area contributed by atoms with E-state index in [2.05, 4.69) is 28.4 Å². The van der Waals surface area contributed by atoms with Crippen LogP contribution in [0.4, 0.5) is 0 Å². The van der Waals surface area contributed by atoms with E-state index < -0.39 is 0 Å². The molecule has 5 nitrogen and oxygen atoms in total. The van der Waals surface area contributed by atoms with Crippen molar-refractivity contribution in [2.45, 2.75) is 24.5 Å². The highest BCUT2D eigenvalue weighted by Gasteiger charge is 2.13. The first-order valence-corrected chi connectivity index (χ1v) is 9.53. The molecule has 0 saturated heterocycles. The molecule has 0 saturated carbocycles. The van der Waals surface area contributed by atoms with Gasteiger partial charge in [0, 0.05) is 5.75 Å². The van der Waals surface area contributed by atoms with E-state index in [1.165, 1.54) is 11.8 Å². The fraction of sp³-hybridized carbons (Fsp3) is 0.143. The molecule has 136 valence electrons. The van der Waals surface area contributed by atoms with Gasteiger partial charge in [-0.25, -0.2) is 0 Å². The predicted octanol–water partition coefficient (Wildman–Crippen LogP) is 5.51. The molecule has 6 heteroatoms.